The van der Waals surface area contributed by atoms with Gasteiger partial charge < -0.3 is 9.73 Å². The predicted octanol–water partition coefficient (Wildman–Crippen LogP) is 5.25. The third-order valence-corrected chi connectivity index (χ3v) is 5.27. The lowest BCUT2D eigenvalue weighted by molar-refractivity contribution is 0.0981. The van der Waals surface area contributed by atoms with Crippen LogP contribution in [0.25, 0.3) is 22.6 Å². The molecule has 1 amide bonds. The van der Waals surface area contributed by atoms with E-state index in [2.05, 4.69) is 22.5 Å². The lowest BCUT2D eigenvalue weighted by Gasteiger charge is -2.09. The molecule has 2 aromatic heterocycles. The van der Waals surface area contributed by atoms with Gasteiger partial charge in [0.1, 0.15) is 5.52 Å². The summed E-state index contributed by atoms with van der Waals surface area (Å²) in [6, 6.07) is 17.2. The highest BCUT2D eigenvalue weighted by molar-refractivity contribution is 7.80. The number of hydrogen-bond donors (Lipinski definition) is 2. The smallest absolute Gasteiger partial charge is 0.267 e. The van der Waals surface area contributed by atoms with Crippen LogP contribution in [0.5, 0.6) is 0 Å². The average molecular weight is 408 g/mol. The van der Waals surface area contributed by atoms with E-state index in [-0.39, 0.29) is 11.0 Å². The molecule has 2 N–H and O–H groups in total. The number of fused-ring (bicyclic) bond motifs is 1. The van der Waals surface area contributed by atoms with Crippen molar-refractivity contribution in [3.05, 3.63) is 70.4 Å². The van der Waals surface area contributed by atoms with Crippen LogP contribution in [0.4, 0.5) is 5.69 Å². The van der Waals surface area contributed by atoms with Gasteiger partial charge in [-0.15, -0.1) is 11.3 Å². The molecule has 0 spiro atoms. The van der Waals surface area contributed by atoms with Gasteiger partial charge in [-0.2, -0.15) is 0 Å². The maximum absolute atomic E-state index is 12.1. The molecule has 0 bridgehead atoms. The predicted molar refractivity (Wildman–Crippen MR) is 117 cm³/mol. The molecule has 4 aromatic rings. The summed E-state index contributed by atoms with van der Waals surface area (Å²) in [4.78, 5) is 17.3. The number of anilines is 1. The number of hydrogen-bond acceptors (Lipinski definition) is 5. The molecular formula is C21H17N3O2S2. The van der Waals surface area contributed by atoms with Gasteiger partial charge in [-0.1, -0.05) is 25.1 Å². The van der Waals surface area contributed by atoms with Crippen molar-refractivity contribution in [1.82, 2.24) is 10.3 Å². The van der Waals surface area contributed by atoms with Gasteiger partial charge in [-0.05, 0) is 66.0 Å². The van der Waals surface area contributed by atoms with E-state index < -0.39 is 0 Å². The van der Waals surface area contributed by atoms with Crippen molar-refractivity contribution in [3.63, 3.8) is 0 Å². The van der Waals surface area contributed by atoms with Gasteiger partial charge in [0.15, 0.2) is 10.7 Å². The number of nitrogens with one attached hydrogen (secondary N) is 2. The van der Waals surface area contributed by atoms with Crippen LogP contribution in [0.2, 0.25) is 0 Å². The molecule has 0 aliphatic carbocycles. The highest BCUT2D eigenvalue weighted by Crippen LogP contribution is 2.27. The van der Waals surface area contributed by atoms with Crippen molar-refractivity contribution < 1.29 is 9.21 Å². The van der Waals surface area contributed by atoms with E-state index in [1.165, 1.54) is 16.9 Å². The molecule has 0 aliphatic heterocycles. The van der Waals surface area contributed by atoms with E-state index >= 15 is 0 Å². The molecule has 28 heavy (non-hydrogen) atoms. The highest BCUT2D eigenvalue weighted by Gasteiger charge is 2.11. The monoisotopic (exact) mass is 407 g/mol. The van der Waals surface area contributed by atoms with Crippen LogP contribution in [-0.4, -0.2) is 16.0 Å². The first-order valence-corrected chi connectivity index (χ1v) is 10.1. The van der Waals surface area contributed by atoms with Crippen LogP contribution in [0, 0.1) is 0 Å². The average Bonchev–Trinajstić information content (AvgIpc) is 3.37. The molecule has 0 unspecified atom stereocenters. The summed E-state index contributed by atoms with van der Waals surface area (Å²) < 4.78 is 5.89. The summed E-state index contributed by atoms with van der Waals surface area (Å²) in [5.74, 6) is 0.315. The molecule has 140 valence electrons. The number of thiocarbonyl (C=S) groups is 1. The number of benzene rings is 2. The Morgan fingerprint density at radius 3 is 2.86 bits per heavy atom. The second-order valence-corrected chi connectivity index (χ2v) is 7.50. The molecule has 0 aliphatic rings. The Kier molecular flexibility index (Phi) is 5.18. The molecule has 4 rings (SSSR count). The molecule has 2 heterocycles. The number of oxazole rings is 1. The van der Waals surface area contributed by atoms with Gasteiger partial charge in [0.25, 0.3) is 5.91 Å². The van der Waals surface area contributed by atoms with Crippen molar-refractivity contribution in [2.45, 2.75) is 13.3 Å². The highest BCUT2D eigenvalue weighted by atomic mass is 32.1. The Morgan fingerprint density at radius 2 is 2.07 bits per heavy atom. The summed E-state index contributed by atoms with van der Waals surface area (Å²) in [7, 11) is 0. The van der Waals surface area contributed by atoms with Crippen molar-refractivity contribution >= 4 is 51.4 Å². The number of carbonyl (C=O) groups is 1. The standard InChI is InChI=1S/C21H17N3O2S2/c1-2-13-8-9-17-16(11-13)23-20(26-17)14-5-3-6-15(12-14)22-21(27)24-19(25)18-7-4-10-28-18/h3-12H,2H2,1H3,(H2,22,24,25,27). The summed E-state index contributed by atoms with van der Waals surface area (Å²) >= 11 is 6.61. The van der Waals surface area contributed by atoms with Crippen LogP contribution in [0.15, 0.2) is 64.4 Å². The zero-order valence-electron chi connectivity index (χ0n) is 15.1. The van der Waals surface area contributed by atoms with Gasteiger partial charge in [-0.25, -0.2) is 4.98 Å². The van der Waals surface area contributed by atoms with Gasteiger partial charge in [0, 0.05) is 11.3 Å². The van der Waals surface area contributed by atoms with Crippen LogP contribution >= 0.6 is 23.6 Å². The van der Waals surface area contributed by atoms with Crippen molar-refractivity contribution in [2.75, 3.05) is 5.32 Å². The second-order valence-electron chi connectivity index (χ2n) is 6.14. The largest absolute Gasteiger partial charge is 0.436 e. The molecule has 7 heteroatoms. The first-order chi connectivity index (χ1) is 13.6. The molecule has 0 saturated carbocycles. The van der Waals surface area contributed by atoms with E-state index in [0.717, 1.165) is 28.8 Å². The fourth-order valence-electron chi connectivity index (χ4n) is 2.78. The van der Waals surface area contributed by atoms with Gasteiger partial charge in [-0.3, -0.25) is 10.1 Å². The SMILES string of the molecule is CCc1ccc2oc(-c3cccc(NC(=S)NC(=O)c4cccs4)c3)nc2c1. The zero-order chi connectivity index (χ0) is 19.5. The molecule has 2 aromatic carbocycles. The van der Waals surface area contributed by atoms with Crippen LogP contribution in [0.1, 0.15) is 22.2 Å². The maximum atomic E-state index is 12.1. The Balaban J connectivity index is 1.51. The number of aromatic nitrogens is 1. The number of thiophene rings is 1. The number of rotatable bonds is 4. The normalized spacial score (nSPS) is 10.8. The molecule has 0 atom stereocenters. The minimum atomic E-state index is -0.227. The van der Waals surface area contributed by atoms with Crippen molar-refractivity contribution in [2.24, 2.45) is 0 Å². The minimum absolute atomic E-state index is 0.227. The lowest BCUT2D eigenvalue weighted by Crippen LogP contribution is -2.33. The van der Waals surface area contributed by atoms with Crippen LogP contribution < -0.4 is 10.6 Å². The quantitative estimate of drug-likeness (QED) is 0.453. The summed E-state index contributed by atoms with van der Waals surface area (Å²) in [6.45, 7) is 2.11. The summed E-state index contributed by atoms with van der Waals surface area (Å²) in [6.07, 6.45) is 0.951. The molecule has 0 fully saturated rings. The molecular weight excluding hydrogens is 390 g/mol. The van der Waals surface area contributed by atoms with Crippen LogP contribution in [0.3, 0.4) is 0 Å². The minimum Gasteiger partial charge on any atom is -0.436 e. The maximum Gasteiger partial charge on any atom is 0.267 e. The lowest BCUT2D eigenvalue weighted by atomic mass is 10.1. The fourth-order valence-corrected chi connectivity index (χ4v) is 3.61. The van der Waals surface area contributed by atoms with Crippen LogP contribution in [-0.2, 0) is 6.42 Å². The molecule has 0 radical (unpaired) electrons. The van der Waals surface area contributed by atoms with E-state index in [0.29, 0.717) is 10.8 Å². The number of aryl methyl sites for hydroxylation is 1. The Labute approximate surface area is 171 Å². The number of amides is 1. The van der Waals surface area contributed by atoms with Gasteiger partial charge in [0.2, 0.25) is 5.89 Å². The van der Waals surface area contributed by atoms with E-state index in [1.54, 1.807) is 6.07 Å². The third-order valence-electron chi connectivity index (χ3n) is 4.20. The third kappa shape index (κ3) is 3.95. The number of nitrogens with zero attached hydrogens (tertiary/aromatic N) is 1. The summed E-state index contributed by atoms with van der Waals surface area (Å²) in [5.41, 5.74) is 4.38. The zero-order valence-corrected chi connectivity index (χ0v) is 16.7. The fraction of sp³-hybridized carbons (Fsp3) is 0.0952. The Morgan fingerprint density at radius 1 is 1.18 bits per heavy atom. The molecule has 0 saturated heterocycles. The van der Waals surface area contributed by atoms with E-state index in [4.69, 9.17) is 16.6 Å². The van der Waals surface area contributed by atoms with Crippen molar-refractivity contribution in [1.29, 1.82) is 0 Å². The first kappa shape index (κ1) is 18.3. The second kappa shape index (κ2) is 7.92. The summed E-state index contributed by atoms with van der Waals surface area (Å²) in [5, 5.41) is 7.79. The van der Waals surface area contributed by atoms with E-state index in [1.807, 2.05) is 53.9 Å². The van der Waals surface area contributed by atoms with Gasteiger partial charge in [0.05, 0.1) is 4.88 Å². The van der Waals surface area contributed by atoms with E-state index in [9.17, 15) is 4.79 Å². The van der Waals surface area contributed by atoms with Crippen molar-refractivity contribution in [3.8, 4) is 11.5 Å². The first-order valence-electron chi connectivity index (χ1n) is 8.78. The number of carbonyl (C=O) groups excluding carboxylic acids is 1. The molecule has 5 nitrogen and oxygen atoms in total. The van der Waals surface area contributed by atoms with Gasteiger partial charge >= 0.3 is 0 Å². The Bertz CT molecular complexity index is 1150. The topological polar surface area (TPSA) is 67.2 Å². The Hall–Kier alpha value is -3.03.